The third-order valence-electron chi connectivity index (χ3n) is 2.61. The average Bonchev–Trinajstić information content (AvgIpc) is 2.74. The molecule has 3 heteroatoms. The van der Waals surface area contributed by atoms with Gasteiger partial charge in [0.05, 0.1) is 19.1 Å². The van der Waals surface area contributed by atoms with Crippen molar-refractivity contribution in [1.29, 1.82) is 0 Å². The molecule has 0 bridgehead atoms. The fourth-order valence-corrected chi connectivity index (χ4v) is 1.97. The minimum Gasteiger partial charge on any atom is -0.487 e. The molecule has 0 aliphatic carbocycles. The van der Waals surface area contributed by atoms with E-state index in [9.17, 15) is 0 Å². The Balaban J connectivity index is 2.17. The SMILES string of the molecule is Cc1cccc(CCl)c1OC1CCOC1. The molecule has 1 aromatic rings. The van der Waals surface area contributed by atoms with Crippen molar-refractivity contribution in [1.82, 2.24) is 0 Å². The zero-order chi connectivity index (χ0) is 10.7. The summed E-state index contributed by atoms with van der Waals surface area (Å²) in [6.45, 7) is 3.53. The fraction of sp³-hybridized carbons (Fsp3) is 0.500. The molecule has 0 saturated carbocycles. The van der Waals surface area contributed by atoms with E-state index in [0.717, 1.165) is 29.9 Å². The summed E-state index contributed by atoms with van der Waals surface area (Å²) in [6.07, 6.45) is 1.16. The number of alkyl halides is 1. The molecule has 1 aromatic carbocycles. The topological polar surface area (TPSA) is 18.5 Å². The number of para-hydroxylation sites is 1. The largest absolute Gasteiger partial charge is 0.487 e. The van der Waals surface area contributed by atoms with Gasteiger partial charge in [-0.1, -0.05) is 18.2 Å². The molecule has 82 valence electrons. The molecule has 0 N–H and O–H groups in total. The molecular formula is C12H15ClO2. The molecule has 1 saturated heterocycles. The number of hydrogen-bond donors (Lipinski definition) is 0. The second kappa shape index (κ2) is 4.86. The van der Waals surface area contributed by atoms with E-state index in [4.69, 9.17) is 21.1 Å². The highest BCUT2D eigenvalue weighted by Crippen LogP contribution is 2.27. The third-order valence-corrected chi connectivity index (χ3v) is 2.90. The van der Waals surface area contributed by atoms with Gasteiger partial charge in [-0.15, -0.1) is 11.6 Å². The van der Waals surface area contributed by atoms with Gasteiger partial charge in [-0.05, 0) is 12.5 Å². The number of rotatable bonds is 3. The summed E-state index contributed by atoms with van der Waals surface area (Å²) >= 11 is 5.88. The summed E-state index contributed by atoms with van der Waals surface area (Å²) < 4.78 is 11.2. The summed E-state index contributed by atoms with van der Waals surface area (Å²) in [4.78, 5) is 0. The Kier molecular flexibility index (Phi) is 3.49. The molecule has 2 rings (SSSR count). The van der Waals surface area contributed by atoms with E-state index in [1.54, 1.807) is 0 Å². The molecule has 15 heavy (non-hydrogen) atoms. The van der Waals surface area contributed by atoms with Crippen LogP contribution in [0.4, 0.5) is 0 Å². The van der Waals surface area contributed by atoms with Crippen LogP contribution < -0.4 is 4.74 Å². The van der Waals surface area contributed by atoms with Gasteiger partial charge in [-0.2, -0.15) is 0 Å². The molecule has 0 aromatic heterocycles. The van der Waals surface area contributed by atoms with Crippen molar-refractivity contribution >= 4 is 11.6 Å². The van der Waals surface area contributed by atoms with E-state index < -0.39 is 0 Å². The van der Waals surface area contributed by atoms with Crippen LogP contribution in [0.2, 0.25) is 0 Å². The molecule has 1 aliphatic heterocycles. The van der Waals surface area contributed by atoms with Crippen molar-refractivity contribution < 1.29 is 9.47 Å². The normalized spacial score (nSPS) is 20.5. The van der Waals surface area contributed by atoms with Gasteiger partial charge in [0.1, 0.15) is 11.9 Å². The molecule has 1 heterocycles. The predicted octanol–water partition coefficient (Wildman–Crippen LogP) is 2.90. The lowest BCUT2D eigenvalue weighted by atomic mass is 10.1. The van der Waals surface area contributed by atoms with Crippen LogP contribution in [0.5, 0.6) is 5.75 Å². The van der Waals surface area contributed by atoms with E-state index in [2.05, 4.69) is 0 Å². The van der Waals surface area contributed by atoms with Gasteiger partial charge in [0.2, 0.25) is 0 Å². The number of ether oxygens (including phenoxy) is 2. The molecule has 0 spiro atoms. The van der Waals surface area contributed by atoms with Gasteiger partial charge in [-0.25, -0.2) is 0 Å². The first-order chi connectivity index (χ1) is 7.31. The quantitative estimate of drug-likeness (QED) is 0.738. The van der Waals surface area contributed by atoms with Crippen LogP contribution in [0.3, 0.4) is 0 Å². The molecule has 1 fully saturated rings. The van der Waals surface area contributed by atoms with Crippen molar-refractivity contribution in [2.45, 2.75) is 25.3 Å². The number of halogens is 1. The van der Waals surface area contributed by atoms with Gasteiger partial charge in [-0.3, -0.25) is 0 Å². The lowest BCUT2D eigenvalue weighted by molar-refractivity contribution is 0.140. The Labute approximate surface area is 95.1 Å². The summed E-state index contributed by atoms with van der Waals surface area (Å²) in [7, 11) is 0. The first kappa shape index (κ1) is 10.8. The van der Waals surface area contributed by atoms with Crippen LogP contribution in [0.15, 0.2) is 18.2 Å². The smallest absolute Gasteiger partial charge is 0.127 e. The standard InChI is InChI=1S/C12H15ClO2/c1-9-3-2-4-10(7-13)12(9)15-11-5-6-14-8-11/h2-4,11H,5-8H2,1H3. The lowest BCUT2D eigenvalue weighted by Gasteiger charge is -2.16. The van der Waals surface area contributed by atoms with E-state index in [1.807, 2.05) is 25.1 Å². The van der Waals surface area contributed by atoms with Gasteiger partial charge >= 0.3 is 0 Å². The molecular weight excluding hydrogens is 212 g/mol. The lowest BCUT2D eigenvalue weighted by Crippen LogP contribution is -2.17. The zero-order valence-electron chi connectivity index (χ0n) is 8.83. The molecule has 1 unspecified atom stereocenters. The number of hydrogen-bond acceptors (Lipinski definition) is 2. The maximum Gasteiger partial charge on any atom is 0.127 e. The summed E-state index contributed by atoms with van der Waals surface area (Å²) in [5.74, 6) is 1.42. The van der Waals surface area contributed by atoms with Crippen LogP contribution in [0.1, 0.15) is 17.5 Å². The van der Waals surface area contributed by atoms with E-state index in [-0.39, 0.29) is 6.10 Å². The Morgan fingerprint density at radius 3 is 3.07 bits per heavy atom. The first-order valence-electron chi connectivity index (χ1n) is 5.20. The summed E-state index contributed by atoms with van der Waals surface area (Å²) in [5.41, 5.74) is 2.20. The van der Waals surface area contributed by atoms with E-state index >= 15 is 0 Å². The van der Waals surface area contributed by atoms with Crippen LogP contribution in [0.25, 0.3) is 0 Å². The molecule has 0 radical (unpaired) electrons. The molecule has 0 amide bonds. The van der Waals surface area contributed by atoms with Gasteiger partial charge in [0, 0.05) is 12.0 Å². The highest BCUT2D eigenvalue weighted by atomic mass is 35.5. The molecule has 1 aliphatic rings. The van der Waals surface area contributed by atoms with Crippen molar-refractivity contribution in [3.05, 3.63) is 29.3 Å². The van der Waals surface area contributed by atoms with Gasteiger partial charge in [0.25, 0.3) is 0 Å². The first-order valence-corrected chi connectivity index (χ1v) is 5.73. The maximum absolute atomic E-state index is 5.92. The second-order valence-corrected chi connectivity index (χ2v) is 4.07. The Bertz CT molecular complexity index is 332. The van der Waals surface area contributed by atoms with Crippen LogP contribution >= 0.6 is 11.6 Å². The van der Waals surface area contributed by atoms with E-state index in [0.29, 0.717) is 12.5 Å². The fourth-order valence-electron chi connectivity index (χ4n) is 1.76. The van der Waals surface area contributed by atoms with Crippen molar-refractivity contribution in [3.63, 3.8) is 0 Å². The van der Waals surface area contributed by atoms with Gasteiger partial charge < -0.3 is 9.47 Å². The number of aryl methyl sites for hydroxylation is 1. The Morgan fingerprint density at radius 1 is 1.53 bits per heavy atom. The molecule has 1 atom stereocenters. The minimum absolute atomic E-state index is 0.188. The van der Waals surface area contributed by atoms with E-state index in [1.165, 1.54) is 0 Å². The van der Waals surface area contributed by atoms with Crippen LogP contribution in [0, 0.1) is 6.92 Å². The second-order valence-electron chi connectivity index (χ2n) is 3.80. The van der Waals surface area contributed by atoms with Crippen molar-refractivity contribution in [2.24, 2.45) is 0 Å². The number of benzene rings is 1. The van der Waals surface area contributed by atoms with Gasteiger partial charge in [0.15, 0.2) is 0 Å². The zero-order valence-corrected chi connectivity index (χ0v) is 9.59. The maximum atomic E-state index is 5.92. The highest BCUT2D eigenvalue weighted by molar-refractivity contribution is 6.17. The van der Waals surface area contributed by atoms with Crippen LogP contribution in [-0.2, 0) is 10.6 Å². The molecule has 2 nitrogen and oxygen atoms in total. The average molecular weight is 227 g/mol. The Hall–Kier alpha value is -0.730. The monoisotopic (exact) mass is 226 g/mol. The highest BCUT2D eigenvalue weighted by Gasteiger charge is 2.19. The van der Waals surface area contributed by atoms with Crippen molar-refractivity contribution in [2.75, 3.05) is 13.2 Å². The minimum atomic E-state index is 0.188. The summed E-state index contributed by atoms with van der Waals surface area (Å²) in [5, 5.41) is 0. The van der Waals surface area contributed by atoms with Crippen molar-refractivity contribution in [3.8, 4) is 5.75 Å². The Morgan fingerprint density at radius 2 is 2.40 bits per heavy atom. The summed E-state index contributed by atoms with van der Waals surface area (Å²) in [6, 6.07) is 6.05. The van der Waals surface area contributed by atoms with Crippen LogP contribution in [-0.4, -0.2) is 19.3 Å². The third kappa shape index (κ3) is 2.44. The predicted molar refractivity (Wildman–Crippen MR) is 60.6 cm³/mol.